The first-order valence-corrected chi connectivity index (χ1v) is 16.2. The molecule has 0 amide bonds. The number of benzene rings is 7. The Morgan fingerprint density at radius 2 is 1.33 bits per heavy atom. The van der Waals surface area contributed by atoms with Crippen LogP contribution in [0.15, 0.2) is 155 Å². The van der Waals surface area contributed by atoms with Crippen molar-refractivity contribution in [1.29, 1.82) is 0 Å². The molecule has 9 aromatic rings. The second-order valence-electron chi connectivity index (χ2n) is 11.8. The lowest BCUT2D eigenvalue weighted by Gasteiger charge is -2.13. The minimum atomic E-state index is 0.143. The normalized spacial score (nSPS) is 14.5. The van der Waals surface area contributed by atoms with E-state index in [-0.39, 0.29) is 5.37 Å². The van der Waals surface area contributed by atoms with Gasteiger partial charge in [0.05, 0.1) is 22.1 Å². The second-order valence-corrected chi connectivity index (χ2v) is 12.9. The van der Waals surface area contributed by atoms with Crippen molar-refractivity contribution in [2.75, 3.05) is 5.32 Å². The van der Waals surface area contributed by atoms with Crippen LogP contribution in [0.4, 0.5) is 5.69 Å². The molecule has 1 N–H and O–H groups in total. The van der Waals surface area contributed by atoms with Crippen molar-refractivity contribution in [2.24, 2.45) is 0 Å². The van der Waals surface area contributed by atoms with Crippen LogP contribution >= 0.6 is 11.8 Å². The first-order chi connectivity index (χ1) is 22.3. The highest BCUT2D eigenvalue weighted by atomic mass is 32.2. The van der Waals surface area contributed by atoms with Gasteiger partial charge < -0.3 is 14.3 Å². The molecule has 0 saturated carbocycles. The fourth-order valence-corrected chi connectivity index (χ4v) is 8.28. The third-order valence-electron chi connectivity index (χ3n) is 9.24. The molecule has 1 unspecified atom stereocenters. The molecule has 0 bridgehead atoms. The molecule has 0 radical (unpaired) electrons. The first kappa shape index (κ1) is 24.9. The molecule has 7 aromatic carbocycles. The van der Waals surface area contributed by atoms with Crippen molar-refractivity contribution >= 4 is 72.0 Å². The second kappa shape index (κ2) is 9.52. The van der Waals surface area contributed by atoms with E-state index in [4.69, 9.17) is 4.42 Å². The Morgan fingerprint density at radius 3 is 2.22 bits per heavy atom. The van der Waals surface area contributed by atoms with Crippen LogP contribution in [0.1, 0.15) is 10.9 Å². The molecular formula is C41H26N2OS. The first-order valence-electron chi connectivity index (χ1n) is 15.3. The SMILES string of the molecule is c1ccc(-n2c3cc(-c4ccc(C5Nc6c(ccc7oc8ccccc8c67)S5)cc4)ccc3c3ccc4ccccc4c32)cc1. The summed E-state index contributed by atoms with van der Waals surface area (Å²) in [6.45, 7) is 0. The summed E-state index contributed by atoms with van der Waals surface area (Å²) in [6, 6.07) is 52.5. The van der Waals surface area contributed by atoms with Gasteiger partial charge in [-0.05, 0) is 58.5 Å². The van der Waals surface area contributed by atoms with E-state index in [0.29, 0.717) is 0 Å². The Hall–Kier alpha value is -5.45. The molecule has 0 saturated heterocycles. The summed E-state index contributed by atoms with van der Waals surface area (Å²) in [5, 5.41) is 11.3. The number of hydrogen-bond acceptors (Lipinski definition) is 3. The average Bonchev–Trinajstić information content (AvgIpc) is 3.80. The maximum absolute atomic E-state index is 6.14. The number of hydrogen-bond donors (Lipinski definition) is 1. The predicted octanol–water partition coefficient (Wildman–Crippen LogP) is 11.7. The maximum Gasteiger partial charge on any atom is 0.137 e. The van der Waals surface area contributed by atoms with E-state index in [1.165, 1.54) is 70.9 Å². The number of para-hydroxylation sites is 2. The topological polar surface area (TPSA) is 30.1 Å². The van der Waals surface area contributed by atoms with E-state index >= 15 is 0 Å². The third kappa shape index (κ3) is 3.73. The van der Waals surface area contributed by atoms with Crippen molar-refractivity contribution < 1.29 is 4.42 Å². The van der Waals surface area contributed by atoms with Gasteiger partial charge in [0.25, 0.3) is 0 Å². The standard InChI is InChI=1S/C41H26N2OS/c1-2-9-29(10-3-1)43-34-24-28(19-20-31(34)32-21-18-26-8-4-5-11-30(26)40(32)43)25-14-16-27(17-15-25)41-42-39-37(45-41)23-22-36-38(39)33-12-6-7-13-35(33)44-36/h1-24,41-42H. The summed E-state index contributed by atoms with van der Waals surface area (Å²) in [5.74, 6) is 0. The van der Waals surface area contributed by atoms with Gasteiger partial charge in [-0.3, -0.25) is 0 Å². The molecule has 3 heterocycles. The zero-order valence-corrected chi connectivity index (χ0v) is 25.0. The third-order valence-corrected chi connectivity index (χ3v) is 10.5. The van der Waals surface area contributed by atoms with Crippen molar-refractivity contribution in [3.63, 3.8) is 0 Å². The van der Waals surface area contributed by atoms with Crippen LogP contribution in [0, 0.1) is 0 Å². The molecule has 212 valence electrons. The molecule has 1 aliphatic rings. The molecule has 1 aliphatic heterocycles. The van der Waals surface area contributed by atoms with Crippen LogP contribution in [-0.4, -0.2) is 4.57 Å². The maximum atomic E-state index is 6.14. The van der Waals surface area contributed by atoms with Crippen LogP contribution in [0.25, 0.3) is 71.3 Å². The molecular weight excluding hydrogens is 569 g/mol. The van der Waals surface area contributed by atoms with Gasteiger partial charge in [-0.2, -0.15) is 0 Å². The molecule has 2 aromatic heterocycles. The Balaban J connectivity index is 1.06. The summed E-state index contributed by atoms with van der Waals surface area (Å²) in [7, 11) is 0. The monoisotopic (exact) mass is 594 g/mol. The summed E-state index contributed by atoms with van der Waals surface area (Å²) in [5.41, 5.74) is 10.3. The Kier molecular flexibility index (Phi) is 5.28. The molecule has 10 rings (SSSR count). The summed E-state index contributed by atoms with van der Waals surface area (Å²) < 4.78 is 8.57. The van der Waals surface area contributed by atoms with E-state index in [0.717, 1.165) is 16.6 Å². The van der Waals surface area contributed by atoms with Gasteiger partial charge in [-0.1, -0.05) is 121 Å². The lowest BCUT2D eigenvalue weighted by Crippen LogP contribution is -2.01. The lowest BCUT2D eigenvalue weighted by molar-refractivity contribution is 0.669. The van der Waals surface area contributed by atoms with E-state index in [1.54, 1.807) is 0 Å². The van der Waals surface area contributed by atoms with E-state index in [1.807, 2.05) is 23.9 Å². The Morgan fingerprint density at radius 1 is 0.578 bits per heavy atom. The zero-order chi connectivity index (χ0) is 29.5. The fraction of sp³-hybridized carbons (Fsp3) is 0.0244. The number of nitrogens with one attached hydrogen (secondary N) is 1. The molecule has 0 aliphatic carbocycles. The number of rotatable bonds is 3. The molecule has 0 fully saturated rings. The number of furan rings is 1. The highest BCUT2D eigenvalue weighted by molar-refractivity contribution is 8.00. The minimum Gasteiger partial charge on any atom is -0.456 e. The highest BCUT2D eigenvalue weighted by Gasteiger charge is 2.27. The van der Waals surface area contributed by atoms with Gasteiger partial charge in [0.15, 0.2) is 0 Å². The van der Waals surface area contributed by atoms with Gasteiger partial charge in [0, 0.05) is 32.1 Å². The van der Waals surface area contributed by atoms with Crippen LogP contribution < -0.4 is 5.32 Å². The van der Waals surface area contributed by atoms with Crippen LogP contribution in [0.3, 0.4) is 0 Å². The Bertz CT molecular complexity index is 2600. The summed E-state index contributed by atoms with van der Waals surface area (Å²) >= 11 is 1.87. The van der Waals surface area contributed by atoms with Crippen LogP contribution in [0.2, 0.25) is 0 Å². The van der Waals surface area contributed by atoms with Crippen molar-refractivity contribution in [3.05, 3.63) is 151 Å². The van der Waals surface area contributed by atoms with Gasteiger partial charge in [0.1, 0.15) is 16.5 Å². The predicted molar refractivity (Wildman–Crippen MR) is 190 cm³/mol. The molecule has 1 atom stereocenters. The van der Waals surface area contributed by atoms with Gasteiger partial charge in [0.2, 0.25) is 0 Å². The number of nitrogens with zero attached hydrogens (tertiary/aromatic N) is 1. The van der Waals surface area contributed by atoms with Gasteiger partial charge >= 0.3 is 0 Å². The van der Waals surface area contributed by atoms with Crippen molar-refractivity contribution in [3.8, 4) is 16.8 Å². The molecule has 4 heteroatoms. The average molecular weight is 595 g/mol. The lowest BCUT2D eigenvalue weighted by atomic mass is 10.0. The Labute approximate surface area is 263 Å². The van der Waals surface area contributed by atoms with Crippen LogP contribution in [0.5, 0.6) is 0 Å². The molecule has 0 spiro atoms. The summed E-state index contributed by atoms with van der Waals surface area (Å²) in [6.07, 6.45) is 0. The summed E-state index contributed by atoms with van der Waals surface area (Å²) in [4.78, 5) is 1.26. The fourth-order valence-electron chi connectivity index (χ4n) is 7.13. The quantitative estimate of drug-likeness (QED) is 0.221. The largest absolute Gasteiger partial charge is 0.456 e. The van der Waals surface area contributed by atoms with Crippen molar-refractivity contribution in [1.82, 2.24) is 4.57 Å². The number of thioether (sulfide) groups is 1. The van der Waals surface area contributed by atoms with E-state index < -0.39 is 0 Å². The van der Waals surface area contributed by atoms with Crippen molar-refractivity contribution in [2.45, 2.75) is 10.3 Å². The van der Waals surface area contributed by atoms with Crippen LogP contribution in [-0.2, 0) is 0 Å². The zero-order valence-electron chi connectivity index (χ0n) is 24.2. The minimum absolute atomic E-state index is 0.143. The highest BCUT2D eigenvalue weighted by Crippen LogP contribution is 2.51. The molecule has 45 heavy (non-hydrogen) atoms. The number of aromatic nitrogens is 1. The number of anilines is 1. The number of fused-ring (bicyclic) bond motifs is 10. The van der Waals surface area contributed by atoms with E-state index in [2.05, 4.69) is 143 Å². The van der Waals surface area contributed by atoms with Gasteiger partial charge in [-0.25, -0.2) is 0 Å². The smallest absolute Gasteiger partial charge is 0.137 e. The van der Waals surface area contributed by atoms with Gasteiger partial charge in [-0.15, -0.1) is 0 Å². The molecule has 3 nitrogen and oxygen atoms in total. The van der Waals surface area contributed by atoms with E-state index in [9.17, 15) is 0 Å².